The summed E-state index contributed by atoms with van der Waals surface area (Å²) < 4.78 is 5.40. The Balaban J connectivity index is 1.30. The van der Waals surface area contributed by atoms with Crippen LogP contribution in [0.25, 0.3) is 0 Å². The minimum atomic E-state index is -0.361. The van der Waals surface area contributed by atoms with Crippen LogP contribution in [0, 0.1) is 23.7 Å². The predicted molar refractivity (Wildman–Crippen MR) is 119 cm³/mol. The highest BCUT2D eigenvalue weighted by Gasteiger charge is 2.66. The van der Waals surface area contributed by atoms with Gasteiger partial charge in [0.25, 0.3) is 0 Å². The van der Waals surface area contributed by atoms with Gasteiger partial charge < -0.3 is 4.74 Å². The second-order valence-electron chi connectivity index (χ2n) is 8.15. The smallest absolute Gasteiger partial charge is 0.315 e. The van der Waals surface area contributed by atoms with E-state index >= 15 is 0 Å². The summed E-state index contributed by atoms with van der Waals surface area (Å²) in [7, 11) is 0. The maximum absolute atomic E-state index is 13.1. The van der Waals surface area contributed by atoms with E-state index in [1.54, 1.807) is 24.3 Å². The van der Waals surface area contributed by atoms with Crippen molar-refractivity contribution in [2.75, 3.05) is 4.90 Å². The fourth-order valence-corrected chi connectivity index (χ4v) is 7.07. The van der Waals surface area contributed by atoms with Gasteiger partial charge in [-0.25, -0.2) is 0 Å². The van der Waals surface area contributed by atoms with Gasteiger partial charge in [0.05, 0.1) is 23.9 Å². The molecule has 5 rings (SSSR count). The molecule has 1 saturated heterocycles. The highest BCUT2D eigenvalue weighted by atomic mass is 79.9. The summed E-state index contributed by atoms with van der Waals surface area (Å²) in [5, 5.41) is 0. The number of imide groups is 1. The Morgan fingerprint density at radius 1 is 0.900 bits per heavy atom. The lowest BCUT2D eigenvalue weighted by Gasteiger charge is -2.28. The van der Waals surface area contributed by atoms with Crippen LogP contribution in [0.2, 0.25) is 0 Å². The van der Waals surface area contributed by atoms with Gasteiger partial charge in [-0.2, -0.15) is 0 Å². The lowest BCUT2D eigenvalue weighted by molar-refractivity contribution is -0.133. The molecule has 2 aliphatic carbocycles. The first-order valence-corrected chi connectivity index (χ1v) is 11.8. The van der Waals surface area contributed by atoms with Crippen molar-refractivity contribution >= 4 is 55.3 Å². The zero-order valence-corrected chi connectivity index (χ0v) is 19.1. The molecule has 2 saturated carbocycles. The van der Waals surface area contributed by atoms with Crippen molar-refractivity contribution < 1.29 is 19.1 Å². The molecule has 2 bridgehead atoms. The van der Waals surface area contributed by atoms with E-state index < -0.39 is 0 Å². The fraction of sp³-hybridized carbons (Fsp3) is 0.348. The van der Waals surface area contributed by atoms with Crippen molar-refractivity contribution in [1.82, 2.24) is 0 Å². The number of carbonyl (C=O) groups excluding carboxylic acids is 3. The van der Waals surface area contributed by atoms with E-state index in [9.17, 15) is 14.4 Å². The topological polar surface area (TPSA) is 63.7 Å². The Labute approximate surface area is 191 Å². The zero-order valence-electron chi connectivity index (χ0n) is 15.9. The van der Waals surface area contributed by atoms with Gasteiger partial charge in [0.15, 0.2) is 0 Å². The van der Waals surface area contributed by atoms with Crippen LogP contribution in [0.4, 0.5) is 5.69 Å². The fourth-order valence-electron chi connectivity index (χ4n) is 5.20. The third-order valence-corrected chi connectivity index (χ3v) is 9.71. The number of alkyl halides is 2. The first kappa shape index (κ1) is 19.9. The molecule has 0 N–H and O–H groups in total. The average molecular weight is 533 g/mol. The first-order chi connectivity index (χ1) is 14.5. The highest BCUT2D eigenvalue weighted by Crippen LogP contribution is 2.60. The van der Waals surface area contributed by atoms with Crippen LogP contribution in [0.1, 0.15) is 12.0 Å². The van der Waals surface area contributed by atoms with E-state index in [4.69, 9.17) is 4.74 Å². The van der Waals surface area contributed by atoms with Crippen molar-refractivity contribution in [1.29, 1.82) is 0 Å². The van der Waals surface area contributed by atoms with Crippen LogP contribution >= 0.6 is 31.9 Å². The van der Waals surface area contributed by atoms with Crippen molar-refractivity contribution in [3.8, 4) is 5.75 Å². The molecule has 0 aromatic heterocycles. The van der Waals surface area contributed by atoms with Gasteiger partial charge in [-0.1, -0.05) is 62.2 Å². The molecule has 30 heavy (non-hydrogen) atoms. The van der Waals surface area contributed by atoms with Crippen molar-refractivity contribution in [3.05, 3.63) is 60.2 Å². The molecule has 2 aromatic carbocycles. The van der Waals surface area contributed by atoms with Crippen LogP contribution in [0.15, 0.2) is 54.6 Å². The molecule has 6 atom stereocenters. The van der Waals surface area contributed by atoms with Gasteiger partial charge in [0.1, 0.15) is 5.75 Å². The molecular weight excluding hydrogens is 514 g/mol. The number of fused-ring (bicyclic) bond motifs is 5. The van der Waals surface area contributed by atoms with Gasteiger partial charge in [0.2, 0.25) is 11.8 Å². The number of ether oxygens (including phenoxy) is 1. The molecule has 3 fully saturated rings. The number of amides is 2. The first-order valence-electron chi connectivity index (χ1n) is 9.96. The summed E-state index contributed by atoms with van der Waals surface area (Å²) in [6.45, 7) is 0. The van der Waals surface area contributed by atoms with E-state index in [0.717, 1.165) is 12.0 Å². The summed E-state index contributed by atoms with van der Waals surface area (Å²) in [6, 6.07) is 16.0. The lowest BCUT2D eigenvalue weighted by Crippen LogP contribution is -2.37. The summed E-state index contributed by atoms with van der Waals surface area (Å²) in [4.78, 5) is 40.1. The number of anilines is 1. The summed E-state index contributed by atoms with van der Waals surface area (Å²) >= 11 is 7.40. The van der Waals surface area contributed by atoms with E-state index in [2.05, 4.69) is 31.9 Å². The number of benzene rings is 2. The minimum absolute atomic E-state index is 0.116. The van der Waals surface area contributed by atoms with Gasteiger partial charge >= 0.3 is 5.97 Å². The van der Waals surface area contributed by atoms with Crippen molar-refractivity contribution in [2.45, 2.75) is 22.5 Å². The lowest BCUT2D eigenvalue weighted by atomic mass is 9.81. The van der Waals surface area contributed by atoms with E-state index in [-0.39, 0.29) is 57.5 Å². The quantitative estimate of drug-likeness (QED) is 0.257. The predicted octanol–water partition coefficient (Wildman–Crippen LogP) is 4.12. The molecule has 2 aromatic rings. The normalized spacial score (nSPS) is 31.9. The zero-order chi connectivity index (χ0) is 21.0. The number of halogens is 2. The van der Waals surface area contributed by atoms with Crippen LogP contribution in [-0.2, 0) is 20.8 Å². The number of nitrogens with zero attached hydrogens (tertiary/aromatic N) is 1. The molecule has 1 heterocycles. The maximum Gasteiger partial charge on any atom is 0.315 e. The molecule has 3 aliphatic rings. The Kier molecular flexibility index (Phi) is 5.06. The van der Waals surface area contributed by atoms with Crippen LogP contribution in [0.5, 0.6) is 5.75 Å². The standard InChI is InChI=1S/C23H19Br2NO4/c24-20-15-11-16(21(20)25)19-18(15)22(28)26(23(19)29)13-6-8-14(9-7-13)30-17(27)10-12-4-2-1-3-5-12/h1-9,15-16,18-21H,10-11H2/t15-,16-,18-,19+,20+,21+/m1/s1. The minimum Gasteiger partial charge on any atom is -0.426 e. The highest BCUT2D eigenvalue weighted by molar-refractivity contribution is 9.12. The molecule has 0 radical (unpaired) electrons. The van der Waals surface area contributed by atoms with Gasteiger partial charge in [0, 0.05) is 9.65 Å². The van der Waals surface area contributed by atoms with E-state index in [1.165, 1.54) is 4.90 Å². The second-order valence-corrected chi connectivity index (χ2v) is 10.3. The SMILES string of the molecule is O=C(Cc1ccccc1)Oc1ccc(N2C(=O)[C@@H]3[C@H]4C[C@@H]([C@H](Br)[C@H]4Br)[C@@H]3C2=O)cc1. The van der Waals surface area contributed by atoms with Crippen LogP contribution in [-0.4, -0.2) is 27.4 Å². The Morgan fingerprint density at radius 3 is 2.03 bits per heavy atom. The van der Waals surface area contributed by atoms with Crippen molar-refractivity contribution in [3.63, 3.8) is 0 Å². The van der Waals surface area contributed by atoms with Crippen LogP contribution in [0.3, 0.4) is 0 Å². The Bertz CT molecular complexity index is 978. The average Bonchev–Trinajstić information content (AvgIpc) is 3.34. The third-order valence-electron chi connectivity index (χ3n) is 6.50. The number of carbonyl (C=O) groups is 3. The van der Waals surface area contributed by atoms with Gasteiger partial charge in [-0.05, 0) is 48.1 Å². The summed E-state index contributed by atoms with van der Waals surface area (Å²) in [5.74, 6) is -0.327. The number of esters is 1. The Morgan fingerprint density at radius 2 is 1.47 bits per heavy atom. The molecule has 0 spiro atoms. The molecule has 2 amide bonds. The molecule has 0 unspecified atom stereocenters. The van der Waals surface area contributed by atoms with E-state index in [1.807, 2.05) is 30.3 Å². The largest absolute Gasteiger partial charge is 0.426 e. The van der Waals surface area contributed by atoms with Crippen LogP contribution < -0.4 is 9.64 Å². The third kappa shape index (κ3) is 3.14. The monoisotopic (exact) mass is 531 g/mol. The molecule has 1 aliphatic heterocycles. The molecule has 7 heteroatoms. The number of hydrogen-bond donors (Lipinski definition) is 0. The molecule has 5 nitrogen and oxygen atoms in total. The maximum atomic E-state index is 13.1. The van der Waals surface area contributed by atoms with E-state index in [0.29, 0.717) is 11.4 Å². The molecule has 154 valence electrons. The summed E-state index contributed by atoms with van der Waals surface area (Å²) in [5.41, 5.74) is 1.41. The summed E-state index contributed by atoms with van der Waals surface area (Å²) in [6.07, 6.45) is 1.09. The molecular formula is C23H19Br2NO4. The van der Waals surface area contributed by atoms with Gasteiger partial charge in [-0.3, -0.25) is 19.3 Å². The Hall–Kier alpha value is -1.99. The second kappa shape index (κ2) is 7.61. The number of hydrogen-bond acceptors (Lipinski definition) is 4. The number of rotatable bonds is 4. The van der Waals surface area contributed by atoms with Gasteiger partial charge in [-0.15, -0.1) is 0 Å². The van der Waals surface area contributed by atoms with Crippen molar-refractivity contribution in [2.24, 2.45) is 23.7 Å².